The highest BCUT2D eigenvalue weighted by Crippen LogP contribution is 2.38. The van der Waals surface area contributed by atoms with Gasteiger partial charge in [-0.25, -0.2) is 0 Å². The molecule has 0 radical (unpaired) electrons. The van der Waals surface area contributed by atoms with Gasteiger partial charge in [0.15, 0.2) is 0 Å². The van der Waals surface area contributed by atoms with Gasteiger partial charge in [-0.2, -0.15) is 0 Å². The summed E-state index contributed by atoms with van der Waals surface area (Å²) >= 11 is 0. The second-order valence-electron chi connectivity index (χ2n) is 24.2. The molecule has 0 saturated heterocycles. The van der Waals surface area contributed by atoms with Crippen molar-refractivity contribution in [3.8, 4) is 0 Å². The zero-order chi connectivity index (χ0) is 54.2. The minimum Gasteiger partial charge on any atom is -0.756 e. The van der Waals surface area contributed by atoms with Gasteiger partial charge < -0.3 is 28.8 Å². The van der Waals surface area contributed by atoms with Crippen LogP contribution in [0.2, 0.25) is 0 Å². The van der Waals surface area contributed by atoms with E-state index in [0.717, 1.165) is 38.5 Å². The molecule has 0 aliphatic carbocycles. The molecule has 442 valence electrons. The predicted octanol–water partition coefficient (Wildman–Crippen LogP) is 19.9. The molecule has 74 heavy (non-hydrogen) atoms. The molecular weight excluding hydrogens is 936 g/mol. The van der Waals surface area contributed by atoms with E-state index >= 15 is 0 Å². The first-order valence-corrected chi connectivity index (χ1v) is 34.5. The topological polar surface area (TPSA) is 108 Å². The summed E-state index contributed by atoms with van der Waals surface area (Å²) in [5.41, 5.74) is 0. The summed E-state index contributed by atoms with van der Waals surface area (Å²) in [6, 6.07) is -0.798. The number of aliphatic hydroxyl groups is 1. The number of hydrogen-bond donors (Lipinski definition) is 2. The number of carbonyl (C=O) groups is 1. The van der Waals surface area contributed by atoms with E-state index in [-0.39, 0.29) is 19.1 Å². The highest BCUT2D eigenvalue weighted by Gasteiger charge is 2.24. The molecule has 2 N–H and O–H groups in total. The molecular formula is C65H131N2O6P. The summed E-state index contributed by atoms with van der Waals surface area (Å²) in [4.78, 5) is 25.6. The Hall–Kier alpha value is -0.760. The molecule has 0 fully saturated rings. The molecule has 0 heterocycles. The Morgan fingerprint density at radius 3 is 1.05 bits per heavy atom. The molecule has 3 atom stereocenters. The minimum atomic E-state index is -4.57. The molecule has 0 aliphatic heterocycles. The van der Waals surface area contributed by atoms with Crippen LogP contribution in [0.4, 0.5) is 0 Å². The van der Waals surface area contributed by atoms with Crippen molar-refractivity contribution in [2.75, 3.05) is 40.9 Å². The van der Waals surface area contributed by atoms with Gasteiger partial charge in [-0.1, -0.05) is 315 Å². The lowest BCUT2D eigenvalue weighted by molar-refractivity contribution is -0.870. The first-order chi connectivity index (χ1) is 36.0. The van der Waals surface area contributed by atoms with Crippen LogP contribution < -0.4 is 10.2 Å². The molecule has 9 heteroatoms. The number of nitrogens with zero attached hydrogens (tertiary/aromatic N) is 1. The highest BCUT2D eigenvalue weighted by molar-refractivity contribution is 7.45. The summed E-state index contributed by atoms with van der Waals surface area (Å²) in [7, 11) is 1.32. The second-order valence-corrected chi connectivity index (χ2v) is 25.6. The van der Waals surface area contributed by atoms with Crippen LogP contribution in [0, 0.1) is 0 Å². The molecule has 3 unspecified atom stereocenters. The van der Waals surface area contributed by atoms with Gasteiger partial charge >= 0.3 is 0 Å². The van der Waals surface area contributed by atoms with E-state index in [1.54, 1.807) is 0 Å². The number of aliphatic hydroxyl groups excluding tert-OH is 1. The molecule has 0 aromatic rings. The van der Waals surface area contributed by atoms with Crippen molar-refractivity contribution in [2.24, 2.45) is 0 Å². The van der Waals surface area contributed by atoms with Crippen LogP contribution in [0.1, 0.15) is 348 Å². The van der Waals surface area contributed by atoms with Crippen molar-refractivity contribution >= 4 is 13.7 Å². The average molecular weight is 1070 g/mol. The van der Waals surface area contributed by atoms with Crippen LogP contribution in [0.3, 0.4) is 0 Å². The Bertz CT molecular complexity index is 1210. The number of rotatable bonds is 62. The van der Waals surface area contributed by atoms with E-state index in [1.165, 1.54) is 283 Å². The average Bonchev–Trinajstić information content (AvgIpc) is 3.36. The largest absolute Gasteiger partial charge is 0.756 e. The number of amides is 1. The van der Waals surface area contributed by atoms with Crippen molar-refractivity contribution in [1.29, 1.82) is 0 Å². The van der Waals surface area contributed by atoms with E-state index in [1.807, 2.05) is 21.1 Å². The van der Waals surface area contributed by atoms with Gasteiger partial charge in [0.1, 0.15) is 13.2 Å². The fourth-order valence-corrected chi connectivity index (χ4v) is 11.1. The zero-order valence-corrected chi connectivity index (χ0v) is 51.5. The number of phosphoric acid groups is 1. The van der Waals surface area contributed by atoms with Crippen LogP contribution in [-0.2, 0) is 18.4 Å². The standard InChI is InChI=1S/C65H131N2O6P/c1-6-8-10-12-14-16-18-20-22-24-26-28-30-32-33-35-37-39-41-43-45-47-49-51-53-55-57-59-65(69)66-63(62-73-74(70,71)72-61-60-67(3,4)5)64(68)58-56-54-52-50-48-46-44-42-40-38-36-34-31-29-27-25-23-21-19-17-15-13-11-9-7-2/h24,26,63-64,68H,6-23,25,27-62H2,1-5H3,(H-,66,69,70,71)/b26-24-. The number of nitrogens with one attached hydrogen (secondary N) is 1. The maximum atomic E-state index is 13.0. The van der Waals surface area contributed by atoms with Crippen molar-refractivity contribution in [2.45, 2.75) is 360 Å². The predicted molar refractivity (Wildman–Crippen MR) is 321 cm³/mol. The van der Waals surface area contributed by atoms with Crippen molar-refractivity contribution < 1.29 is 32.9 Å². The number of likely N-dealkylation sites (N-methyl/N-ethyl adjacent to an activating group) is 1. The van der Waals surface area contributed by atoms with Gasteiger partial charge in [-0.3, -0.25) is 9.36 Å². The van der Waals surface area contributed by atoms with Gasteiger partial charge in [-0.15, -0.1) is 0 Å². The molecule has 0 aromatic heterocycles. The third-order valence-corrected chi connectivity index (χ3v) is 16.5. The van der Waals surface area contributed by atoms with Crippen LogP contribution in [0.5, 0.6) is 0 Å². The minimum absolute atomic E-state index is 0.0155. The maximum absolute atomic E-state index is 13.0. The van der Waals surface area contributed by atoms with Crippen molar-refractivity contribution in [1.82, 2.24) is 5.32 Å². The quantitative estimate of drug-likeness (QED) is 0.0272. The Balaban J connectivity index is 4.05. The summed E-state index contributed by atoms with van der Waals surface area (Å²) in [6.45, 7) is 4.78. The Morgan fingerprint density at radius 2 is 0.743 bits per heavy atom. The molecule has 0 spiro atoms. The SMILES string of the molecule is CCCCCCCCCC/C=C\CCCCCCCCCCCCCCCCCC(=O)NC(COP(=O)([O-])OCC[N+](C)(C)C)C(O)CCCCCCCCCCCCCCCCCCCCCCCCCCC. The molecule has 0 aliphatic rings. The van der Waals surface area contributed by atoms with Gasteiger partial charge in [0.2, 0.25) is 5.91 Å². The molecule has 8 nitrogen and oxygen atoms in total. The van der Waals surface area contributed by atoms with Crippen LogP contribution >= 0.6 is 7.82 Å². The van der Waals surface area contributed by atoms with E-state index in [2.05, 4.69) is 31.3 Å². The van der Waals surface area contributed by atoms with Gasteiger partial charge in [0.25, 0.3) is 7.82 Å². The molecule has 0 rings (SSSR count). The van der Waals surface area contributed by atoms with E-state index in [9.17, 15) is 19.4 Å². The van der Waals surface area contributed by atoms with E-state index in [4.69, 9.17) is 9.05 Å². The number of carbonyl (C=O) groups excluding carboxylic acids is 1. The van der Waals surface area contributed by atoms with Crippen molar-refractivity contribution in [3.63, 3.8) is 0 Å². The highest BCUT2D eigenvalue weighted by atomic mass is 31.2. The van der Waals surface area contributed by atoms with E-state index < -0.39 is 20.0 Å². The van der Waals surface area contributed by atoms with Crippen LogP contribution in [-0.4, -0.2) is 68.5 Å². The van der Waals surface area contributed by atoms with Gasteiger partial charge in [-0.05, 0) is 38.5 Å². The monoisotopic (exact) mass is 1070 g/mol. The number of unbranched alkanes of at least 4 members (excludes halogenated alkanes) is 47. The fourth-order valence-electron chi connectivity index (χ4n) is 10.3. The lowest BCUT2D eigenvalue weighted by atomic mass is 10.0. The summed E-state index contributed by atoms with van der Waals surface area (Å²) in [5, 5.41) is 14.1. The molecule has 0 saturated carbocycles. The summed E-state index contributed by atoms with van der Waals surface area (Å²) in [5.74, 6) is -0.157. The summed E-state index contributed by atoms with van der Waals surface area (Å²) < 4.78 is 23.5. The van der Waals surface area contributed by atoms with Gasteiger partial charge in [0, 0.05) is 6.42 Å². The second kappa shape index (κ2) is 56.9. The van der Waals surface area contributed by atoms with Crippen LogP contribution in [0.25, 0.3) is 0 Å². The first kappa shape index (κ1) is 73.2. The first-order valence-electron chi connectivity index (χ1n) is 33.0. The third kappa shape index (κ3) is 58.9. The summed E-state index contributed by atoms with van der Waals surface area (Å²) in [6.07, 6.45) is 71.3. The third-order valence-electron chi connectivity index (χ3n) is 15.5. The normalized spacial score (nSPS) is 13.8. The fraction of sp³-hybridized carbons (Fsp3) is 0.954. The Morgan fingerprint density at radius 1 is 0.459 bits per heavy atom. The molecule has 0 bridgehead atoms. The lowest BCUT2D eigenvalue weighted by Crippen LogP contribution is -2.46. The number of hydrogen-bond acceptors (Lipinski definition) is 6. The van der Waals surface area contributed by atoms with Gasteiger partial charge in [0.05, 0.1) is 39.9 Å². The number of phosphoric ester groups is 1. The smallest absolute Gasteiger partial charge is 0.268 e. The van der Waals surface area contributed by atoms with Crippen molar-refractivity contribution in [3.05, 3.63) is 12.2 Å². The molecule has 1 amide bonds. The van der Waals surface area contributed by atoms with Crippen LogP contribution in [0.15, 0.2) is 12.2 Å². The Kier molecular flexibility index (Phi) is 56.4. The Labute approximate surface area is 462 Å². The number of quaternary nitrogens is 1. The zero-order valence-electron chi connectivity index (χ0n) is 50.6. The lowest BCUT2D eigenvalue weighted by Gasteiger charge is -2.30. The maximum Gasteiger partial charge on any atom is 0.268 e. The van der Waals surface area contributed by atoms with E-state index in [0.29, 0.717) is 23.9 Å². The number of allylic oxidation sites excluding steroid dienone is 2. The molecule has 0 aromatic carbocycles.